The van der Waals surface area contributed by atoms with Gasteiger partial charge in [0.05, 0.1) is 34.8 Å². The molecule has 1 aliphatic rings. The summed E-state index contributed by atoms with van der Waals surface area (Å²) in [5.41, 5.74) is 3.01. The smallest absolute Gasteiger partial charge is 0.323 e. The molecule has 4 rings (SSSR count). The van der Waals surface area contributed by atoms with Crippen LogP contribution >= 0.6 is 11.6 Å². The molecule has 0 radical (unpaired) electrons. The second kappa shape index (κ2) is 10.9. The number of benzene rings is 3. The van der Waals surface area contributed by atoms with Gasteiger partial charge in [0, 0.05) is 18.8 Å². The predicted molar refractivity (Wildman–Crippen MR) is 138 cm³/mol. The van der Waals surface area contributed by atoms with Crippen LogP contribution in [0.3, 0.4) is 0 Å². The average molecular weight is 479 g/mol. The molecule has 0 bridgehead atoms. The number of ether oxygens (including phenoxy) is 1. The fourth-order valence-electron chi connectivity index (χ4n) is 3.99. The van der Waals surface area contributed by atoms with Gasteiger partial charge in [0.2, 0.25) is 0 Å². The first kappa shape index (κ1) is 23.4. The summed E-state index contributed by atoms with van der Waals surface area (Å²) in [6.07, 6.45) is 3.38. The van der Waals surface area contributed by atoms with E-state index in [4.69, 9.17) is 16.3 Å². The minimum Gasteiger partial charge on any atom is -0.495 e. The zero-order valence-corrected chi connectivity index (χ0v) is 19.7. The van der Waals surface area contributed by atoms with Crippen LogP contribution in [0.15, 0.2) is 66.7 Å². The molecule has 0 saturated carbocycles. The van der Waals surface area contributed by atoms with Gasteiger partial charge in [-0.2, -0.15) is 0 Å². The highest BCUT2D eigenvalue weighted by Gasteiger charge is 2.18. The third kappa shape index (κ3) is 5.61. The maximum absolute atomic E-state index is 12.9. The van der Waals surface area contributed by atoms with Crippen molar-refractivity contribution in [3.8, 4) is 5.75 Å². The number of carbonyl (C=O) groups is 2. The van der Waals surface area contributed by atoms with E-state index < -0.39 is 6.03 Å². The minimum absolute atomic E-state index is 0.319. The van der Waals surface area contributed by atoms with Crippen molar-refractivity contribution in [3.05, 3.63) is 77.3 Å². The molecule has 3 N–H and O–H groups in total. The molecule has 1 aliphatic heterocycles. The highest BCUT2D eigenvalue weighted by Crippen LogP contribution is 2.32. The van der Waals surface area contributed by atoms with Gasteiger partial charge < -0.3 is 25.6 Å². The molecule has 0 unspecified atom stereocenters. The summed E-state index contributed by atoms with van der Waals surface area (Å²) < 4.78 is 5.32. The number of nitrogens with zero attached hydrogens (tertiary/aromatic N) is 1. The Morgan fingerprint density at radius 2 is 1.56 bits per heavy atom. The van der Waals surface area contributed by atoms with Crippen LogP contribution in [0.2, 0.25) is 5.02 Å². The largest absolute Gasteiger partial charge is 0.495 e. The zero-order valence-electron chi connectivity index (χ0n) is 18.9. The molecule has 0 atom stereocenters. The molecule has 0 spiro atoms. The topological polar surface area (TPSA) is 82.7 Å². The van der Waals surface area contributed by atoms with E-state index in [1.165, 1.54) is 6.42 Å². The molecule has 8 heteroatoms. The number of urea groups is 1. The quantitative estimate of drug-likeness (QED) is 0.392. The molecule has 176 valence electrons. The summed E-state index contributed by atoms with van der Waals surface area (Å²) in [5.74, 6) is 0.246. The first-order valence-corrected chi connectivity index (χ1v) is 11.6. The molecule has 34 heavy (non-hydrogen) atoms. The first-order chi connectivity index (χ1) is 16.5. The van der Waals surface area contributed by atoms with Crippen molar-refractivity contribution in [2.75, 3.05) is 41.0 Å². The lowest BCUT2D eigenvalue weighted by Crippen LogP contribution is -2.31. The number of piperidine rings is 1. The first-order valence-electron chi connectivity index (χ1n) is 11.2. The number of nitrogens with one attached hydrogen (secondary N) is 3. The molecule has 3 aromatic carbocycles. The Kier molecular flexibility index (Phi) is 7.54. The van der Waals surface area contributed by atoms with Crippen LogP contribution in [0.25, 0.3) is 0 Å². The number of para-hydroxylation sites is 2. The standard InChI is InChI=1S/C26H27ClN4O3/c1-34-24-12-6-5-11-21(24)29-26(33)30-22-17-18(13-14-23(22)31-15-7-2-8-16-31)28-25(32)19-9-3-4-10-20(19)27/h3-6,9-14,17H,2,7-8,15-16H2,1H3,(H,28,32)(H2,29,30,33). The van der Waals surface area contributed by atoms with Crippen LogP contribution in [0.4, 0.5) is 27.5 Å². The maximum atomic E-state index is 12.9. The molecule has 3 aromatic rings. The Bertz CT molecular complexity index is 1180. The number of methoxy groups -OCH3 is 1. The maximum Gasteiger partial charge on any atom is 0.323 e. The van der Waals surface area contributed by atoms with Crippen molar-refractivity contribution < 1.29 is 14.3 Å². The second-order valence-corrected chi connectivity index (χ2v) is 8.40. The molecule has 0 aliphatic carbocycles. The van der Waals surface area contributed by atoms with Gasteiger partial charge in [-0.1, -0.05) is 35.9 Å². The fraction of sp³-hybridized carbons (Fsp3) is 0.231. The van der Waals surface area contributed by atoms with Crippen molar-refractivity contribution in [2.45, 2.75) is 19.3 Å². The van der Waals surface area contributed by atoms with Gasteiger partial charge in [0.15, 0.2) is 0 Å². The van der Waals surface area contributed by atoms with Crippen molar-refractivity contribution in [2.24, 2.45) is 0 Å². The molecule has 3 amide bonds. The Morgan fingerprint density at radius 3 is 2.32 bits per heavy atom. The summed E-state index contributed by atoms with van der Waals surface area (Å²) in [6, 6.07) is 19.2. The lowest BCUT2D eigenvalue weighted by Gasteiger charge is -2.31. The Morgan fingerprint density at radius 1 is 0.853 bits per heavy atom. The van der Waals surface area contributed by atoms with E-state index in [0.717, 1.165) is 31.6 Å². The minimum atomic E-state index is -0.405. The van der Waals surface area contributed by atoms with Crippen LogP contribution in [0.5, 0.6) is 5.75 Å². The van der Waals surface area contributed by atoms with Crippen molar-refractivity contribution in [1.82, 2.24) is 0 Å². The lowest BCUT2D eigenvalue weighted by atomic mass is 10.1. The van der Waals surface area contributed by atoms with Gasteiger partial charge in [0.25, 0.3) is 5.91 Å². The zero-order chi connectivity index (χ0) is 23.9. The van der Waals surface area contributed by atoms with Crippen molar-refractivity contribution in [3.63, 3.8) is 0 Å². The summed E-state index contributed by atoms with van der Waals surface area (Å²) in [4.78, 5) is 27.9. The number of carbonyl (C=O) groups excluding carboxylic acids is 2. The summed E-state index contributed by atoms with van der Waals surface area (Å²) >= 11 is 6.17. The molecule has 0 aromatic heterocycles. The monoisotopic (exact) mass is 478 g/mol. The lowest BCUT2D eigenvalue weighted by molar-refractivity contribution is 0.102. The summed E-state index contributed by atoms with van der Waals surface area (Å²) in [6.45, 7) is 1.82. The number of hydrogen-bond acceptors (Lipinski definition) is 4. The highest BCUT2D eigenvalue weighted by atomic mass is 35.5. The number of anilines is 4. The fourth-order valence-corrected chi connectivity index (χ4v) is 4.21. The molecule has 1 fully saturated rings. The van der Waals surface area contributed by atoms with Gasteiger partial charge in [-0.3, -0.25) is 4.79 Å². The van der Waals surface area contributed by atoms with Crippen LogP contribution in [0, 0.1) is 0 Å². The molecular formula is C26H27ClN4O3. The van der Waals surface area contributed by atoms with Crippen molar-refractivity contribution in [1.29, 1.82) is 0 Å². The molecule has 7 nitrogen and oxygen atoms in total. The van der Waals surface area contributed by atoms with E-state index in [0.29, 0.717) is 33.4 Å². The van der Waals surface area contributed by atoms with Crippen LogP contribution < -0.4 is 25.6 Å². The van der Waals surface area contributed by atoms with Gasteiger partial charge in [0.1, 0.15) is 5.75 Å². The number of hydrogen-bond donors (Lipinski definition) is 3. The van der Waals surface area contributed by atoms with Gasteiger partial charge in [-0.25, -0.2) is 4.79 Å². The number of halogens is 1. The molecule has 1 saturated heterocycles. The van der Waals surface area contributed by atoms with E-state index in [-0.39, 0.29) is 5.91 Å². The van der Waals surface area contributed by atoms with Crippen LogP contribution in [-0.4, -0.2) is 32.1 Å². The third-order valence-electron chi connectivity index (χ3n) is 5.67. The highest BCUT2D eigenvalue weighted by molar-refractivity contribution is 6.34. The van der Waals surface area contributed by atoms with E-state index in [1.54, 1.807) is 49.6 Å². The molecular weight excluding hydrogens is 452 g/mol. The molecule has 1 heterocycles. The SMILES string of the molecule is COc1ccccc1NC(=O)Nc1cc(NC(=O)c2ccccc2Cl)ccc1N1CCCCC1. The summed E-state index contributed by atoms with van der Waals surface area (Å²) in [5, 5.41) is 9.03. The van der Waals surface area contributed by atoms with E-state index in [1.807, 2.05) is 24.3 Å². The van der Waals surface area contributed by atoms with E-state index in [9.17, 15) is 9.59 Å². The predicted octanol–water partition coefficient (Wildman–Crippen LogP) is 6.24. The summed E-state index contributed by atoms with van der Waals surface area (Å²) in [7, 11) is 1.55. The van der Waals surface area contributed by atoms with Gasteiger partial charge in [-0.05, 0) is 61.7 Å². The third-order valence-corrected chi connectivity index (χ3v) is 6.00. The normalized spacial score (nSPS) is 13.2. The average Bonchev–Trinajstić information content (AvgIpc) is 2.85. The van der Waals surface area contributed by atoms with Gasteiger partial charge >= 0.3 is 6.03 Å². The van der Waals surface area contributed by atoms with Crippen LogP contribution in [0.1, 0.15) is 29.6 Å². The Hall–Kier alpha value is -3.71. The van der Waals surface area contributed by atoms with Crippen LogP contribution in [-0.2, 0) is 0 Å². The van der Waals surface area contributed by atoms with E-state index in [2.05, 4.69) is 20.9 Å². The van der Waals surface area contributed by atoms with Crippen molar-refractivity contribution >= 4 is 46.3 Å². The van der Waals surface area contributed by atoms with Gasteiger partial charge in [-0.15, -0.1) is 0 Å². The Balaban J connectivity index is 1.58. The second-order valence-electron chi connectivity index (χ2n) is 7.99. The number of rotatable bonds is 6. The number of amides is 3. The van der Waals surface area contributed by atoms with E-state index >= 15 is 0 Å². The Labute approximate surface area is 204 Å².